The molecule has 0 saturated heterocycles. The summed E-state index contributed by atoms with van der Waals surface area (Å²) in [7, 11) is 0. The first-order valence-electron chi connectivity index (χ1n) is 26.1. The van der Waals surface area contributed by atoms with Crippen LogP contribution >= 0.6 is 23.2 Å². The Labute approximate surface area is 484 Å². The molecule has 0 unspecified atom stereocenters. The highest BCUT2D eigenvalue weighted by Gasteiger charge is 2.06. The molecule has 3 N–H and O–H groups in total. The summed E-state index contributed by atoms with van der Waals surface area (Å²) in [5, 5.41) is 38.0. The van der Waals surface area contributed by atoms with Crippen molar-refractivity contribution in [3.63, 3.8) is 0 Å². The minimum Gasteiger partial charge on any atom is -0.508 e. The number of nitrogens with zero attached hydrogens (tertiary/aromatic N) is 1. The third-order valence-electron chi connectivity index (χ3n) is 12.7. The Kier molecular flexibility index (Phi) is 32.7. The van der Waals surface area contributed by atoms with Crippen molar-refractivity contribution in [2.24, 2.45) is 0 Å². The summed E-state index contributed by atoms with van der Waals surface area (Å²) in [5.41, 5.74) is 21.7. The Morgan fingerprint density at radius 3 is 0.975 bits per heavy atom. The lowest BCUT2D eigenvalue weighted by atomic mass is 10.1. The molecule has 0 atom stereocenters. The van der Waals surface area contributed by atoms with Gasteiger partial charge < -0.3 is 15.3 Å². The summed E-state index contributed by atoms with van der Waals surface area (Å²) in [4.78, 5) is 9.85. The van der Waals surface area contributed by atoms with Crippen LogP contribution in [0.2, 0.25) is 10.0 Å². The second kappa shape index (κ2) is 37.2. The number of phenolic OH excluding ortho intramolecular Hbond substituents is 3. The number of aromatic hydroxyl groups is 3. The molecule has 9 aromatic rings. The van der Waals surface area contributed by atoms with Crippen LogP contribution < -0.4 is 0 Å². The maximum absolute atomic E-state index is 10.2. The molecule has 9 aromatic carbocycles. The van der Waals surface area contributed by atoms with Gasteiger partial charge >= 0.3 is 0 Å². The lowest BCUT2D eigenvalue weighted by Crippen LogP contribution is -1.89. The van der Waals surface area contributed by atoms with Gasteiger partial charge in [-0.1, -0.05) is 185 Å². The average molecular weight is 1100 g/mol. The summed E-state index contributed by atoms with van der Waals surface area (Å²) in [5.74, 6) is 1.04. The first-order chi connectivity index (χ1) is 37.1. The monoisotopic (exact) mass is 1100 g/mol. The van der Waals surface area contributed by atoms with Crippen molar-refractivity contribution in [3.05, 3.63) is 303 Å². The predicted octanol–water partition coefficient (Wildman–Crippen LogP) is 20.8. The van der Waals surface area contributed by atoms with Gasteiger partial charge in [-0.05, 0) is 226 Å². The summed E-state index contributed by atoms with van der Waals surface area (Å²) in [6.45, 7) is 35.1. The van der Waals surface area contributed by atoms with Crippen LogP contribution in [0.15, 0.2) is 188 Å². The van der Waals surface area contributed by atoms with E-state index in [0.717, 1.165) is 16.7 Å². The van der Waals surface area contributed by atoms with Crippen LogP contribution in [0.25, 0.3) is 0 Å². The first-order valence-corrected chi connectivity index (χ1v) is 26.9. The number of nitro groups is 1. The number of hydrogen-bond donors (Lipinski definition) is 3. The Balaban J connectivity index is 0.000000445. The smallest absolute Gasteiger partial charge is 0.272 e. The van der Waals surface area contributed by atoms with Gasteiger partial charge in [0.05, 0.1) is 15.0 Å². The summed E-state index contributed by atoms with van der Waals surface area (Å²) in [6.07, 6.45) is 0. The maximum Gasteiger partial charge on any atom is 0.272 e. The maximum atomic E-state index is 10.2. The van der Waals surface area contributed by atoms with E-state index in [0.29, 0.717) is 32.9 Å². The summed E-state index contributed by atoms with van der Waals surface area (Å²) < 4.78 is 0. The molecule has 0 heterocycles. The van der Waals surface area contributed by atoms with Crippen LogP contribution in [0.5, 0.6) is 17.2 Å². The van der Waals surface area contributed by atoms with Crippen LogP contribution in [-0.2, 0) is 0 Å². The number of aryl methyl sites for hydroxylation is 15. The zero-order valence-corrected chi connectivity index (χ0v) is 51.3. The molecule has 0 aliphatic rings. The first kappa shape index (κ1) is 69.4. The highest BCUT2D eigenvalue weighted by molar-refractivity contribution is 6.42. The van der Waals surface area contributed by atoms with Gasteiger partial charge in [-0.2, -0.15) is 0 Å². The summed E-state index contributed by atoms with van der Waals surface area (Å²) in [6, 6.07) is 59.5. The fourth-order valence-corrected chi connectivity index (χ4v) is 7.04. The zero-order chi connectivity index (χ0) is 59.8. The van der Waals surface area contributed by atoms with Crippen molar-refractivity contribution >= 4 is 28.9 Å². The summed E-state index contributed by atoms with van der Waals surface area (Å²) >= 11 is 11.4. The van der Waals surface area contributed by atoms with Crippen molar-refractivity contribution in [3.8, 4) is 17.2 Å². The van der Waals surface area contributed by atoms with E-state index in [9.17, 15) is 10.1 Å². The number of halogens is 2. The van der Waals surface area contributed by atoms with E-state index in [1.165, 1.54) is 78.4 Å². The minimum absolute atomic E-state index is 0.183. The molecular formula is C71H85Cl2NO5. The number of benzene rings is 9. The Morgan fingerprint density at radius 2 is 0.684 bits per heavy atom. The molecule has 0 spiro atoms. The van der Waals surface area contributed by atoms with Crippen LogP contribution in [0, 0.1) is 128 Å². The van der Waals surface area contributed by atoms with E-state index in [1.54, 1.807) is 61.5 Å². The third-order valence-corrected chi connectivity index (χ3v) is 13.6. The number of hydrogen-bond acceptors (Lipinski definition) is 5. The molecular weight excluding hydrogens is 1020 g/mol. The second-order valence-corrected chi connectivity index (χ2v) is 20.4. The molecule has 8 heteroatoms. The normalized spacial score (nSPS) is 9.46. The van der Waals surface area contributed by atoms with E-state index in [4.69, 9.17) is 38.5 Å². The van der Waals surface area contributed by atoms with Crippen LogP contribution in [0.1, 0.15) is 94.6 Å². The molecule has 0 aliphatic heterocycles. The van der Waals surface area contributed by atoms with E-state index in [2.05, 4.69) is 156 Å². The van der Waals surface area contributed by atoms with Gasteiger partial charge in [0.2, 0.25) is 0 Å². The molecule has 0 aliphatic carbocycles. The number of nitro benzene ring substituents is 1. The Bertz CT molecular complexity index is 2950. The second-order valence-electron chi connectivity index (χ2n) is 19.6. The van der Waals surface area contributed by atoms with E-state index in [-0.39, 0.29) is 10.6 Å². The standard InChI is InChI=1S/4C9H12.C7H6Cl2.C7H7NO2.3C7H8O/c2*1-7-4-5-8(2)9(3)6-7;2*1-7-5-4-6-8(2)9(7)3;1-5-3-2-4-6(8)7(5)9;1-6-4-2-3-5-7(6)8(9)10;1-6-2-4-7(8)5-3-6;1-6-3-2-4-7(8)5-6;1-6-4-2-3-5-7(6)8/h4*4-6H,1-3H3;2-4H,1H3;2-5H,1H3;3*2-5,8H,1H3. The topological polar surface area (TPSA) is 104 Å². The third kappa shape index (κ3) is 29.1. The quantitative estimate of drug-likeness (QED) is 0.112. The average Bonchev–Trinajstić information content (AvgIpc) is 3.40. The van der Waals surface area contributed by atoms with Crippen molar-refractivity contribution in [1.29, 1.82) is 0 Å². The van der Waals surface area contributed by atoms with Gasteiger partial charge in [-0.15, -0.1) is 0 Å². The number of rotatable bonds is 1. The van der Waals surface area contributed by atoms with Crippen LogP contribution in [-0.4, -0.2) is 20.2 Å². The van der Waals surface area contributed by atoms with Gasteiger partial charge in [0.15, 0.2) is 0 Å². The van der Waals surface area contributed by atoms with Crippen molar-refractivity contribution in [1.82, 2.24) is 0 Å². The highest BCUT2D eigenvalue weighted by Crippen LogP contribution is 2.24. The largest absolute Gasteiger partial charge is 0.508 e. The van der Waals surface area contributed by atoms with Crippen molar-refractivity contribution in [2.75, 3.05) is 0 Å². The molecule has 418 valence electrons. The number of para-hydroxylation sites is 2. The molecule has 6 nitrogen and oxygen atoms in total. The molecule has 9 rings (SSSR count). The Hall–Kier alpha value is -7.64. The van der Waals surface area contributed by atoms with Gasteiger partial charge in [0.25, 0.3) is 5.69 Å². The molecule has 0 saturated carbocycles. The minimum atomic E-state index is -0.380. The Morgan fingerprint density at radius 1 is 0.316 bits per heavy atom. The van der Waals surface area contributed by atoms with Gasteiger partial charge in [0.1, 0.15) is 17.2 Å². The molecule has 0 amide bonds. The fourth-order valence-electron chi connectivity index (χ4n) is 6.69. The van der Waals surface area contributed by atoms with Gasteiger partial charge in [-0.3, -0.25) is 10.1 Å². The molecule has 0 fully saturated rings. The highest BCUT2D eigenvalue weighted by atomic mass is 35.5. The predicted molar refractivity (Wildman–Crippen MR) is 340 cm³/mol. The molecule has 79 heavy (non-hydrogen) atoms. The lowest BCUT2D eigenvalue weighted by Gasteiger charge is -2.00. The van der Waals surface area contributed by atoms with Crippen LogP contribution in [0.3, 0.4) is 0 Å². The van der Waals surface area contributed by atoms with E-state index < -0.39 is 0 Å². The van der Waals surface area contributed by atoms with Crippen LogP contribution in [0.4, 0.5) is 5.69 Å². The van der Waals surface area contributed by atoms with Gasteiger partial charge in [-0.25, -0.2) is 0 Å². The van der Waals surface area contributed by atoms with Crippen molar-refractivity contribution < 1.29 is 20.2 Å². The van der Waals surface area contributed by atoms with E-state index >= 15 is 0 Å². The molecule has 0 radical (unpaired) electrons. The molecule has 0 aromatic heterocycles. The van der Waals surface area contributed by atoms with Gasteiger partial charge in [0, 0.05) is 11.6 Å². The molecule has 0 bridgehead atoms. The zero-order valence-electron chi connectivity index (χ0n) is 49.8. The van der Waals surface area contributed by atoms with E-state index in [1.807, 2.05) is 82.3 Å². The number of phenols is 3. The SMILES string of the molecule is Cc1ccc(C)c(C)c1.Cc1ccc(C)c(C)c1.Cc1ccc(O)cc1.Cc1cccc(C)c1C.Cc1cccc(C)c1C.Cc1cccc(Cl)c1Cl.Cc1cccc(O)c1.Cc1ccccc1O.Cc1ccccc1[N+](=O)[O-]. The lowest BCUT2D eigenvalue weighted by molar-refractivity contribution is -0.385. The van der Waals surface area contributed by atoms with Crippen molar-refractivity contribution in [2.45, 2.75) is 118 Å². The fraction of sp³-hybridized carbons (Fsp3) is 0.239.